The lowest BCUT2D eigenvalue weighted by atomic mass is 10.0. The van der Waals surface area contributed by atoms with Crippen LogP contribution in [0.25, 0.3) is 0 Å². The largest absolute Gasteiger partial charge is 0.573 e. The number of aliphatic hydroxyl groups excluding tert-OH is 1. The van der Waals surface area contributed by atoms with Gasteiger partial charge in [0.2, 0.25) is 0 Å². The Bertz CT molecular complexity index is 731. The molecule has 1 atom stereocenters. The molecule has 0 saturated carbocycles. The Balaban J connectivity index is 1.86. The summed E-state index contributed by atoms with van der Waals surface area (Å²) in [4.78, 5) is 4.52. The van der Waals surface area contributed by atoms with Crippen LogP contribution < -0.4 is 15.4 Å². The van der Waals surface area contributed by atoms with Crippen molar-refractivity contribution < 1.29 is 23.0 Å². The number of benzene rings is 1. The first kappa shape index (κ1) is 22.6. The van der Waals surface area contributed by atoms with E-state index in [1.165, 1.54) is 12.1 Å². The van der Waals surface area contributed by atoms with E-state index in [2.05, 4.69) is 24.9 Å². The molecule has 0 amide bonds. The highest BCUT2D eigenvalue weighted by atomic mass is 19.4. The number of aliphatic imine (C=N–C) groups is 1. The maximum absolute atomic E-state index is 12.2. The Labute approximate surface area is 168 Å². The van der Waals surface area contributed by atoms with Crippen molar-refractivity contribution in [2.75, 3.05) is 26.2 Å². The summed E-state index contributed by atoms with van der Waals surface area (Å²) < 4.78 is 42.6. The van der Waals surface area contributed by atoms with E-state index < -0.39 is 6.36 Å². The summed E-state index contributed by atoms with van der Waals surface area (Å²) in [6.45, 7) is 4.48. The summed E-state index contributed by atoms with van der Waals surface area (Å²) in [6.07, 6.45) is -0.243. The number of rotatable bonds is 10. The van der Waals surface area contributed by atoms with E-state index in [0.29, 0.717) is 32.0 Å². The first-order valence-electron chi connectivity index (χ1n) is 9.48. The molecule has 0 aliphatic heterocycles. The van der Waals surface area contributed by atoms with Crippen molar-refractivity contribution in [3.63, 3.8) is 0 Å². The Morgan fingerprint density at radius 1 is 1.17 bits per heavy atom. The minimum Gasteiger partial charge on any atom is -0.406 e. The molecule has 1 aromatic carbocycles. The number of aliphatic hydroxyl groups is 1. The first-order chi connectivity index (χ1) is 13.9. The maximum Gasteiger partial charge on any atom is 0.573 e. The molecular formula is C20H27F3N4O2. The van der Waals surface area contributed by atoms with Gasteiger partial charge in [-0.3, -0.25) is 4.99 Å². The van der Waals surface area contributed by atoms with Gasteiger partial charge in [-0.15, -0.1) is 13.2 Å². The van der Waals surface area contributed by atoms with Crippen LogP contribution in [0.15, 0.2) is 53.8 Å². The van der Waals surface area contributed by atoms with Crippen molar-refractivity contribution in [2.45, 2.75) is 26.3 Å². The highest BCUT2D eigenvalue weighted by Crippen LogP contribution is 2.23. The summed E-state index contributed by atoms with van der Waals surface area (Å²) in [6, 6.07) is 9.60. The van der Waals surface area contributed by atoms with E-state index in [1.54, 1.807) is 12.1 Å². The second-order valence-corrected chi connectivity index (χ2v) is 6.51. The predicted octanol–water partition coefficient (Wildman–Crippen LogP) is 2.79. The van der Waals surface area contributed by atoms with Gasteiger partial charge < -0.3 is 25.0 Å². The van der Waals surface area contributed by atoms with Crippen LogP contribution in [0, 0.1) is 5.92 Å². The molecule has 2 rings (SSSR count). The number of aromatic nitrogens is 1. The minimum atomic E-state index is -4.71. The normalized spacial score (nSPS) is 13.2. The molecule has 29 heavy (non-hydrogen) atoms. The van der Waals surface area contributed by atoms with Crippen molar-refractivity contribution in [3.8, 4) is 5.75 Å². The van der Waals surface area contributed by atoms with Crippen LogP contribution in [0.5, 0.6) is 5.75 Å². The number of nitrogens with zero attached hydrogens (tertiary/aromatic N) is 2. The quantitative estimate of drug-likeness (QED) is 0.415. The topological polar surface area (TPSA) is 70.8 Å². The average Bonchev–Trinajstić information content (AvgIpc) is 3.18. The molecule has 0 bridgehead atoms. The van der Waals surface area contributed by atoms with Gasteiger partial charge in [0.1, 0.15) is 5.75 Å². The molecule has 1 unspecified atom stereocenters. The molecule has 160 valence electrons. The first-order valence-corrected chi connectivity index (χ1v) is 9.48. The van der Waals surface area contributed by atoms with Gasteiger partial charge >= 0.3 is 6.36 Å². The monoisotopic (exact) mass is 412 g/mol. The smallest absolute Gasteiger partial charge is 0.406 e. The van der Waals surface area contributed by atoms with Crippen molar-refractivity contribution in [3.05, 3.63) is 54.4 Å². The second-order valence-electron chi connectivity index (χ2n) is 6.51. The lowest BCUT2D eigenvalue weighted by Gasteiger charge is -2.15. The van der Waals surface area contributed by atoms with Gasteiger partial charge in [0, 0.05) is 51.1 Å². The van der Waals surface area contributed by atoms with Crippen LogP contribution in [0.2, 0.25) is 0 Å². The summed E-state index contributed by atoms with van der Waals surface area (Å²) in [7, 11) is 0. The molecule has 9 heteroatoms. The van der Waals surface area contributed by atoms with Crippen LogP contribution in [0.3, 0.4) is 0 Å². The zero-order valence-corrected chi connectivity index (χ0v) is 16.3. The van der Waals surface area contributed by atoms with Crippen LogP contribution in [0.4, 0.5) is 13.2 Å². The number of halogens is 3. The Morgan fingerprint density at radius 2 is 1.86 bits per heavy atom. The molecule has 0 radical (unpaired) electrons. The number of hydrogen-bond acceptors (Lipinski definition) is 3. The molecule has 0 spiro atoms. The zero-order valence-electron chi connectivity index (χ0n) is 16.3. The third-order valence-electron chi connectivity index (χ3n) is 4.12. The lowest BCUT2D eigenvalue weighted by Crippen LogP contribution is -2.39. The van der Waals surface area contributed by atoms with Crippen LogP contribution in [-0.4, -0.2) is 48.2 Å². The van der Waals surface area contributed by atoms with E-state index >= 15 is 0 Å². The van der Waals surface area contributed by atoms with E-state index in [9.17, 15) is 18.3 Å². The lowest BCUT2D eigenvalue weighted by molar-refractivity contribution is -0.274. The Hall–Kier alpha value is -2.68. The third kappa shape index (κ3) is 8.91. The Morgan fingerprint density at radius 3 is 2.45 bits per heavy atom. The standard InChI is InChI=1S/C20H27F3N4O2/c1-2-24-19(25-9-12-27-10-3-4-11-27)26-14-17(15-28)13-16-5-7-18(8-6-16)29-20(21,22)23/h3-8,10-11,17,28H,2,9,12-15H2,1H3,(H2,24,25,26). The highest BCUT2D eigenvalue weighted by Gasteiger charge is 2.30. The van der Waals surface area contributed by atoms with Crippen molar-refractivity contribution in [1.82, 2.24) is 15.2 Å². The minimum absolute atomic E-state index is 0.0763. The van der Waals surface area contributed by atoms with Gasteiger partial charge in [-0.25, -0.2) is 0 Å². The molecule has 0 aliphatic carbocycles. The van der Waals surface area contributed by atoms with Crippen LogP contribution in [-0.2, 0) is 13.0 Å². The average molecular weight is 412 g/mol. The fraction of sp³-hybridized carbons (Fsp3) is 0.450. The molecule has 0 aliphatic rings. The molecule has 2 aromatic rings. The van der Waals surface area contributed by atoms with E-state index in [1.807, 2.05) is 31.5 Å². The fourth-order valence-corrected chi connectivity index (χ4v) is 2.73. The SMILES string of the molecule is CCNC(=NCC(CO)Cc1ccc(OC(F)(F)F)cc1)NCCn1cccc1. The van der Waals surface area contributed by atoms with E-state index in [0.717, 1.165) is 12.1 Å². The summed E-state index contributed by atoms with van der Waals surface area (Å²) >= 11 is 0. The van der Waals surface area contributed by atoms with Gasteiger partial charge in [-0.2, -0.15) is 0 Å². The summed E-state index contributed by atoms with van der Waals surface area (Å²) in [5, 5.41) is 16.1. The molecular weight excluding hydrogens is 385 g/mol. The van der Waals surface area contributed by atoms with Gasteiger partial charge in [0.25, 0.3) is 0 Å². The number of ether oxygens (including phenoxy) is 1. The number of nitrogens with one attached hydrogen (secondary N) is 2. The van der Waals surface area contributed by atoms with Gasteiger partial charge in [0.05, 0.1) is 0 Å². The molecule has 3 N–H and O–H groups in total. The maximum atomic E-state index is 12.2. The van der Waals surface area contributed by atoms with E-state index in [4.69, 9.17) is 0 Å². The zero-order chi connectivity index (χ0) is 21.1. The highest BCUT2D eigenvalue weighted by molar-refractivity contribution is 5.79. The third-order valence-corrected chi connectivity index (χ3v) is 4.12. The second kappa shape index (κ2) is 11.4. The van der Waals surface area contributed by atoms with Crippen molar-refractivity contribution in [1.29, 1.82) is 0 Å². The predicted molar refractivity (Wildman–Crippen MR) is 106 cm³/mol. The van der Waals surface area contributed by atoms with Gasteiger partial charge in [-0.1, -0.05) is 12.1 Å². The number of hydrogen-bond donors (Lipinski definition) is 3. The Kier molecular flexibility index (Phi) is 8.85. The van der Waals surface area contributed by atoms with Crippen molar-refractivity contribution in [2.24, 2.45) is 10.9 Å². The van der Waals surface area contributed by atoms with Gasteiger partial charge in [-0.05, 0) is 43.2 Å². The molecule has 1 heterocycles. The van der Waals surface area contributed by atoms with Gasteiger partial charge in [0.15, 0.2) is 5.96 Å². The molecule has 1 aromatic heterocycles. The van der Waals surface area contributed by atoms with E-state index in [-0.39, 0.29) is 18.3 Å². The van der Waals surface area contributed by atoms with Crippen LogP contribution >= 0.6 is 0 Å². The molecule has 6 nitrogen and oxygen atoms in total. The summed E-state index contributed by atoms with van der Waals surface area (Å²) in [5.41, 5.74) is 0.805. The number of guanidine groups is 1. The fourth-order valence-electron chi connectivity index (χ4n) is 2.73. The summed E-state index contributed by atoms with van der Waals surface area (Å²) in [5.74, 6) is 0.248. The molecule has 0 saturated heterocycles. The number of alkyl halides is 3. The molecule has 0 fully saturated rings. The van der Waals surface area contributed by atoms with Crippen LogP contribution in [0.1, 0.15) is 12.5 Å². The van der Waals surface area contributed by atoms with Crippen molar-refractivity contribution >= 4 is 5.96 Å².